The Balaban J connectivity index is 2.08. The summed E-state index contributed by atoms with van der Waals surface area (Å²) in [6.07, 6.45) is 0. The third-order valence-electron chi connectivity index (χ3n) is 3.56. The van der Waals surface area contributed by atoms with Crippen LogP contribution in [-0.2, 0) is 20.6 Å². The number of rotatable bonds is 7. The highest BCUT2D eigenvalue weighted by molar-refractivity contribution is 8.00. The first-order valence-electron chi connectivity index (χ1n) is 7.98. The van der Waals surface area contributed by atoms with Gasteiger partial charge in [0.2, 0.25) is 15.9 Å². The fraction of sp³-hybridized carbons (Fsp3) is 0.222. The van der Waals surface area contributed by atoms with Crippen molar-refractivity contribution in [3.05, 3.63) is 59.7 Å². The zero-order valence-electron chi connectivity index (χ0n) is 15.0. The second-order valence-corrected chi connectivity index (χ2v) is 8.66. The summed E-state index contributed by atoms with van der Waals surface area (Å²) in [6, 6.07) is 13.5. The van der Waals surface area contributed by atoms with Gasteiger partial charge in [0.25, 0.3) is 5.91 Å². The minimum Gasteiger partial charge on any atom is -0.348 e. The second kappa shape index (κ2) is 9.03. The number of anilines is 1. The van der Waals surface area contributed by atoms with Crippen molar-refractivity contribution in [2.45, 2.75) is 10.6 Å². The molecule has 3 N–H and O–H groups in total. The van der Waals surface area contributed by atoms with Crippen LogP contribution in [0.2, 0.25) is 0 Å². The normalized spacial score (nSPS) is 11.1. The van der Waals surface area contributed by atoms with Gasteiger partial charge in [0.15, 0.2) is 0 Å². The number of amides is 2. The van der Waals surface area contributed by atoms with E-state index in [0.29, 0.717) is 21.7 Å². The molecule has 0 saturated carbocycles. The SMILES string of the molecule is CN(C)C(=O)CSc1ccccc1C(=O)Nc1ccc(CS(N)(=O)=O)cc1. The summed E-state index contributed by atoms with van der Waals surface area (Å²) in [5.41, 5.74) is 1.53. The Morgan fingerprint density at radius 2 is 1.70 bits per heavy atom. The van der Waals surface area contributed by atoms with E-state index in [1.165, 1.54) is 16.7 Å². The highest BCUT2D eigenvalue weighted by atomic mass is 32.2. The summed E-state index contributed by atoms with van der Waals surface area (Å²) < 4.78 is 22.2. The predicted molar refractivity (Wildman–Crippen MR) is 107 cm³/mol. The van der Waals surface area contributed by atoms with Gasteiger partial charge in [0, 0.05) is 24.7 Å². The molecule has 0 aliphatic rings. The minimum absolute atomic E-state index is 0.0411. The Morgan fingerprint density at radius 3 is 2.30 bits per heavy atom. The molecule has 2 aromatic carbocycles. The molecule has 0 aliphatic carbocycles. The Labute approximate surface area is 163 Å². The van der Waals surface area contributed by atoms with E-state index >= 15 is 0 Å². The molecule has 0 bridgehead atoms. The van der Waals surface area contributed by atoms with E-state index in [1.807, 2.05) is 0 Å². The number of nitrogens with zero attached hydrogens (tertiary/aromatic N) is 1. The highest BCUT2D eigenvalue weighted by Crippen LogP contribution is 2.24. The molecule has 144 valence electrons. The van der Waals surface area contributed by atoms with Crippen LogP contribution in [0.3, 0.4) is 0 Å². The van der Waals surface area contributed by atoms with Crippen LogP contribution in [0.1, 0.15) is 15.9 Å². The van der Waals surface area contributed by atoms with Gasteiger partial charge in [-0.2, -0.15) is 0 Å². The van der Waals surface area contributed by atoms with E-state index in [-0.39, 0.29) is 23.3 Å². The quantitative estimate of drug-likeness (QED) is 0.682. The second-order valence-electron chi connectivity index (χ2n) is 6.03. The standard InChI is InChI=1S/C18H21N3O4S2/c1-21(2)17(22)11-26-16-6-4-3-5-15(16)18(23)20-14-9-7-13(8-10-14)12-27(19,24)25/h3-10H,11-12H2,1-2H3,(H,20,23)(H2,19,24,25). The first-order valence-corrected chi connectivity index (χ1v) is 10.7. The van der Waals surface area contributed by atoms with Crippen molar-refractivity contribution in [2.24, 2.45) is 5.14 Å². The van der Waals surface area contributed by atoms with E-state index in [9.17, 15) is 18.0 Å². The van der Waals surface area contributed by atoms with Crippen LogP contribution in [0.15, 0.2) is 53.4 Å². The molecular formula is C18H21N3O4S2. The molecule has 7 nitrogen and oxygen atoms in total. The summed E-state index contributed by atoms with van der Waals surface area (Å²) in [4.78, 5) is 26.6. The number of thioether (sulfide) groups is 1. The first kappa shape index (κ1) is 20.9. The van der Waals surface area contributed by atoms with Gasteiger partial charge in [-0.25, -0.2) is 13.6 Å². The molecule has 0 saturated heterocycles. The number of nitrogens with one attached hydrogen (secondary N) is 1. The van der Waals surface area contributed by atoms with E-state index < -0.39 is 10.0 Å². The number of carbonyl (C=O) groups is 2. The Hall–Kier alpha value is -2.36. The molecule has 0 aromatic heterocycles. The maximum Gasteiger partial charge on any atom is 0.256 e. The van der Waals surface area contributed by atoms with Crippen LogP contribution in [0.5, 0.6) is 0 Å². The molecular weight excluding hydrogens is 386 g/mol. The van der Waals surface area contributed by atoms with Crippen molar-refractivity contribution in [2.75, 3.05) is 25.2 Å². The number of sulfonamides is 1. The lowest BCUT2D eigenvalue weighted by atomic mass is 10.2. The van der Waals surface area contributed by atoms with Gasteiger partial charge < -0.3 is 10.2 Å². The van der Waals surface area contributed by atoms with Crippen LogP contribution in [0.25, 0.3) is 0 Å². The van der Waals surface area contributed by atoms with Gasteiger partial charge in [0.05, 0.1) is 17.1 Å². The van der Waals surface area contributed by atoms with Crippen LogP contribution in [-0.4, -0.2) is 45.0 Å². The van der Waals surface area contributed by atoms with Crippen LogP contribution in [0.4, 0.5) is 5.69 Å². The van der Waals surface area contributed by atoms with Crippen LogP contribution >= 0.6 is 11.8 Å². The van der Waals surface area contributed by atoms with Gasteiger partial charge in [-0.3, -0.25) is 9.59 Å². The van der Waals surface area contributed by atoms with Crippen LogP contribution in [0, 0.1) is 0 Å². The summed E-state index contributed by atoms with van der Waals surface area (Å²) in [5, 5.41) is 7.79. The van der Waals surface area contributed by atoms with Crippen molar-refractivity contribution >= 4 is 39.3 Å². The maximum atomic E-state index is 12.6. The molecule has 2 aromatic rings. The predicted octanol–water partition coefficient (Wildman–Crippen LogP) is 1.91. The zero-order valence-corrected chi connectivity index (χ0v) is 16.6. The topological polar surface area (TPSA) is 110 Å². The number of benzene rings is 2. The molecule has 0 radical (unpaired) electrons. The largest absolute Gasteiger partial charge is 0.348 e. The lowest BCUT2D eigenvalue weighted by Crippen LogP contribution is -2.23. The van der Waals surface area contributed by atoms with Gasteiger partial charge in [-0.05, 0) is 29.8 Å². The van der Waals surface area contributed by atoms with Gasteiger partial charge in [-0.15, -0.1) is 11.8 Å². The molecule has 0 fully saturated rings. The minimum atomic E-state index is -3.60. The Kier molecular flexibility index (Phi) is 7.00. The molecule has 2 amide bonds. The monoisotopic (exact) mass is 407 g/mol. The maximum absolute atomic E-state index is 12.6. The van der Waals surface area contributed by atoms with Gasteiger partial charge >= 0.3 is 0 Å². The average molecular weight is 408 g/mol. The third-order valence-corrected chi connectivity index (χ3v) is 5.36. The molecule has 0 aliphatic heterocycles. The van der Waals surface area contributed by atoms with Crippen molar-refractivity contribution in [1.82, 2.24) is 4.90 Å². The molecule has 0 unspecified atom stereocenters. The number of primary sulfonamides is 1. The average Bonchev–Trinajstić information content (AvgIpc) is 2.60. The van der Waals surface area contributed by atoms with E-state index in [0.717, 1.165) is 0 Å². The number of hydrogen-bond acceptors (Lipinski definition) is 5. The molecule has 27 heavy (non-hydrogen) atoms. The smallest absolute Gasteiger partial charge is 0.256 e. The summed E-state index contributed by atoms with van der Waals surface area (Å²) >= 11 is 1.30. The number of hydrogen-bond donors (Lipinski definition) is 2. The zero-order chi connectivity index (χ0) is 20.0. The van der Waals surface area contributed by atoms with E-state index in [2.05, 4.69) is 5.32 Å². The van der Waals surface area contributed by atoms with E-state index in [4.69, 9.17) is 5.14 Å². The molecule has 0 atom stereocenters. The van der Waals surface area contributed by atoms with Crippen LogP contribution < -0.4 is 10.5 Å². The molecule has 9 heteroatoms. The lowest BCUT2D eigenvalue weighted by molar-refractivity contribution is -0.125. The van der Waals surface area contributed by atoms with Crippen molar-refractivity contribution in [3.63, 3.8) is 0 Å². The van der Waals surface area contributed by atoms with E-state index in [1.54, 1.807) is 62.6 Å². The summed E-state index contributed by atoms with van der Waals surface area (Å²) in [7, 11) is -0.239. The van der Waals surface area contributed by atoms with Gasteiger partial charge in [0.1, 0.15) is 0 Å². The Morgan fingerprint density at radius 1 is 1.07 bits per heavy atom. The van der Waals surface area contributed by atoms with Crippen molar-refractivity contribution < 1.29 is 18.0 Å². The van der Waals surface area contributed by atoms with Crippen molar-refractivity contribution in [1.29, 1.82) is 0 Å². The highest BCUT2D eigenvalue weighted by Gasteiger charge is 2.14. The number of carbonyl (C=O) groups excluding carboxylic acids is 2. The van der Waals surface area contributed by atoms with Crippen molar-refractivity contribution in [3.8, 4) is 0 Å². The summed E-state index contributed by atoms with van der Waals surface area (Å²) in [6.45, 7) is 0. The van der Waals surface area contributed by atoms with Gasteiger partial charge in [-0.1, -0.05) is 24.3 Å². The lowest BCUT2D eigenvalue weighted by Gasteiger charge is -2.12. The number of nitrogens with two attached hydrogens (primary N) is 1. The fourth-order valence-corrected chi connectivity index (χ4v) is 3.85. The molecule has 0 heterocycles. The molecule has 2 rings (SSSR count). The first-order chi connectivity index (χ1) is 12.7. The summed E-state index contributed by atoms with van der Waals surface area (Å²) in [5.74, 6) is -0.379. The fourth-order valence-electron chi connectivity index (χ4n) is 2.16. The molecule has 0 spiro atoms. The Bertz CT molecular complexity index is 926. The third kappa shape index (κ3) is 6.70.